The van der Waals surface area contributed by atoms with Crippen molar-refractivity contribution >= 4 is 22.8 Å². The molecule has 0 saturated heterocycles. The van der Waals surface area contributed by atoms with Crippen LogP contribution >= 0.6 is 0 Å². The molecule has 1 amide bonds. The summed E-state index contributed by atoms with van der Waals surface area (Å²) in [6, 6.07) is 19.7. The Labute approximate surface area is 181 Å². The molecule has 6 nitrogen and oxygen atoms in total. The summed E-state index contributed by atoms with van der Waals surface area (Å²) in [4.78, 5) is 21.8. The van der Waals surface area contributed by atoms with E-state index in [2.05, 4.69) is 21.8 Å². The van der Waals surface area contributed by atoms with Gasteiger partial charge in [-0.3, -0.25) is 4.79 Å². The minimum atomic E-state index is -0.0275. The van der Waals surface area contributed by atoms with Gasteiger partial charge in [-0.1, -0.05) is 31.2 Å². The topological polar surface area (TPSA) is 69.0 Å². The number of amides is 1. The number of pyridine rings is 1. The molecule has 0 bridgehead atoms. The Kier molecular flexibility index (Phi) is 6.26. The number of methoxy groups -OCH3 is 1. The lowest BCUT2D eigenvalue weighted by Gasteiger charge is -2.10. The second-order valence-corrected chi connectivity index (χ2v) is 7.41. The van der Waals surface area contributed by atoms with E-state index in [1.807, 2.05) is 60.7 Å². The van der Waals surface area contributed by atoms with Crippen molar-refractivity contribution in [2.45, 2.75) is 32.7 Å². The van der Waals surface area contributed by atoms with Gasteiger partial charge >= 0.3 is 0 Å². The lowest BCUT2D eigenvalue weighted by molar-refractivity contribution is -0.116. The Morgan fingerprint density at radius 2 is 1.77 bits per heavy atom. The average Bonchev–Trinajstić information content (AvgIpc) is 3.16. The van der Waals surface area contributed by atoms with E-state index in [1.165, 1.54) is 5.56 Å². The number of ether oxygens (including phenoxy) is 1. The van der Waals surface area contributed by atoms with Crippen LogP contribution < -0.4 is 10.1 Å². The van der Waals surface area contributed by atoms with E-state index in [4.69, 9.17) is 9.72 Å². The average molecular weight is 415 g/mol. The fraction of sp³-hybridized carbons (Fsp3) is 0.240. The highest BCUT2D eigenvalue weighted by Gasteiger charge is 2.14. The third-order valence-electron chi connectivity index (χ3n) is 5.30. The molecule has 0 radical (unpaired) electrons. The smallest absolute Gasteiger partial charge is 0.224 e. The van der Waals surface area contributed by atoms with Crippen LogP contribution in [0.4, 0.5) is 5.69 Å². The molecular formula is C25H26N4O2. The molecule has 0 spiro atoms. The van der Waals surface area contributed by atoms with E-state index in [9.17, 15) is 4.79 Å². The monoisotopic (exact) mass is 414 g/mol. The van der Waals surface area contributed by atoms with Gasteiger partial charge in [-0.2, -0.15) is 0 Å². The summed E-state index contributed by atoms with van der Waals surface area (Å²) in [7, 11) is 1.66. The highest BCUT2D eigenvalue weighted by Crippen LogP contribution is 2.19. The number of anilines is 1. The molecule has 4 rings (SSSR count). The predicted octanol–water partition coefficient (Wildman–Crippen LogP) is 4.62. The van der Waals surface area contributed by atoms with Crippen molar-refractivity contribution in [2.24, 2.45) is 0 Å². The molecule has 2 aromatic carbocycles. The third kappa shape index (κ3) is 4.91. The lowest BCUT2D eigenvalue weighted by atomic mass is 10.1. The van der Waals surface area contributed by atoms with Crippen molar-refractivity contribution in [3.8, 4) is 5.75 Å². The van der Waals surface area contributed by atoms with E-state index in [1.54, 1.807) is 13.3 Å². The van der Waals surface area contributed by atoms with E-state index in [0.29, 0.717) is 19.4 Å². The first-order valence-corrected chi connectivity index (χ1v) is 10.5. The quantitative estimate of drug-likeness (QED) is 0.457. The first-order valence-electron chi connectivity index (χ1n) is 10.5. The van der Waals surface area contributed by atoms with E-state index < -0.39 is 0 Å². The van der Waals surface area contributed by atoms with Crippen LogP contribution in [0.25, 0.3) is 11.2 Å². The minimum Gasteiger partial charge on any atom is -0.497 e. The molecule has 2 aromatic heterocycles. The number of nitrogens with one attached hydrogen (secondary N) is 1. The van der Waals surface area contributed by atoms with E-state index in [0.717, 1.165) is 40.4 Å². The summed E-state index contributed by atoms with van der Waals surface area (Å²) in [6.45, 7) is 2.74. The highest BCUT2D eigenvalue weighted by molar-refractivity contribution is 5.90. The zero-order chi connectivity index (χ0) is 21.6. The number of imidazole rings is 1. The van der Waals surface area contributed by atoms with E-state index >= 15 is 0 Å². The zero-order valence-corrected chi connectivity index (χ0v) is 17.8. The Balaban J connectivity index is 1.49. The Hall–Kier alpha value is -3.67. The highest BCUT2D eigenvalue weighted by atomic mass is 16.5. The van der Waals surface area contributed by atoms with Gasteiger partial charge in [-0.05, 0) is 53.9 Å². The van der Waals surface area contributed by atoms with Crippen molar-refractivity contribution in [1.29, 1.82) is 0 Å². The number of aromatic nitrogens is 3. The van der Waals surface area contributed by atoms with Crippen molar-refractivity contribution in [3.05, 3.63) is 83.8 Å². The van der Waals surface area contributed by atoms with Gasteiger partial charge in [-0.25, -0.2) is 9.97 Å². The first kappa shape index (κ1) is 20.6. The Morgan fingerprint density at radius 1 is 1.03 bits per heavy atom. The maximum atomic E-state index is 12.5. The summed E-state index contributed by atoms with van der Waals surface area (Å²) in [5, 5.41) is 2.97. The molecule has 4 aromatic rings. The molecule has 0 aliphatic heterocycles. The number of fused-ring (bicyclic) bond motifs is 1. The minimum absolute atomic E-state index is 0.0275. The number of hydrogen-bond acceptors (Lipinski definition) is 4. The number of benzene rings is 2. The molecule has 0 fully saturated rings. The molecule has 0 atom stereocenters. The van der Waals surface area contributed by atoms with Gasteiger partial charge in [0.05, 0.1) is 13.7 Å². The molecule has 6 heteroatoms. The summed E-state index contributed by atoms with van der Waals surface area (Å²) in [5.74, 6) is 1.64. The molecule has 0 saturated carbocycles. The van der Waals surface area contributed by atoms with Crippen LogP contribution in [0.5, 0.6) is 5.75 Å². The van der Waals surface area contributed by atoms with Crippen LogP contribution in [0.1, 0.15) is 30.3 Å². The number of nitrogens with zero attached hydrogens (tertiary/aromatic N) is 3. The van der Waals surface area contributed by atoms with Crippen LogP contribution in [0.15, 0.2) is 66.9 Å². The third-order valence-corrected chi connectivity index (χ3v) is 5.30. The van der Waals surface area contributed by atoms with Crippen molar-refractivity contribution in [1.82, 2.24) is 14.5 Å². The molecule has 0 unspecified atom stereocenters. The normalized spacial score (nSPS) is 10.9. The number of hydrogen-bond donors (Lipinski definition) is 1. The zero-order valence-electron chi connectivity index (χ0n) is 17.8. The molecule has 0 aliphatic carbocycles. The Morgan fingerprint density at radius 3 is 2.48 bits per heavy atom. The molecular weight excluding hydrogens is 388 g/mol. The van der Waals surface area contributed by atoms with Gasteiger partial charge in [0.2, 0.25) is 5.91 Å². The standard InChI is InChI=1S/C25H26N4O2/c1-3-18-6-10-20(11-7-18)27-24(30)15-14-23-28-22-5-4-16-26-25(22)29(23)17-19-8-12-21(31-2)13-9-19/h4-13,16H,3,14-15,17H2,1-2H3,(H,27,30). The van der Waals surface area contributed by atoms with Crippen molar-refractivity contribution in [3.63, 3.8) is 0 Å². The largest absolute Gasteiger partial charge is 0.497 e. The van der Waals surface area contributed by atoms with Gasteiger partial charge in [0.15, 0.2) is 5.65 Å². The van der Waals surface area contributed by atoms with Gasteiger partial charge in [0.1, 0.15) is 17.1 Å². The fourth-order valence-electron chi connectivity index (χ4n) is 3.55. The first-order chi connectivity index (χ1) is 15.2. The molecule has 2 heterocycles. The van der Waals surface area contributed by atoms with Gasteiger partial charge < -0.3 is 14.6 Å². The van der Waals surface area contributed by atoms with Crippen LogP contribution in [-0.2, 0) is 24.2 Å². The SMILES string of the molecule is CCc1ccc(NC(=O)CCc2nc3cccnc3n2Cc2ccc(OC)cc2)cc1. The van der Waals surface area contributed by atoms with Gasteiger partial charge in [-0.15, -0.1) is 0 Å². The van der Waals surface area contributed by atoms with Crippen LogP contribution in [0.3, 0.4) is 0 Å². The van der Waals surface area contributed by atoms with Crippen LogP contribution in [-0.4, -0.2) is 27.6 Å². The van der Waals surface area contributed by atoms with Gasteiger partial charge in [0.25, 0.3) is 0 Å². The second-order valence-electron chi connectivity index (χ2n) is 7.41. The summed E-state index contributed by atoms with van der Waals surface area (Å²) in [6.07, 6.45) is 3.63. The maximum Gasteiger partial charge on any atom is 0.224 e. The molecule has 1 N–H and O–H groups in total. The lowest BCUT2D eigenvalue weighted by Crippen LogP contribution is -2.14. The predicted molar refractivity (Wildman–Crippen MR) is 122 cm³/mol. The Bertz CT molecular complexity index is 1160. The maximum absolute atomic E-state index is 12.5. The number of carbonyl (C=O) groups is 1. The van der Waals surface area contributed by atoms with Gasteiger partial charge in [0, 0.05) is 24.7 Å². The number of rotatable bonds is 8. The fourth-order valence-corrected chi connectivity index (χ4v) is 3.55. The molecule has 31 heavy (non-hydrogen) atoms. The van der Waals surface area contributed by atoms with Crippen LogP contribution in [0.2, 0.25) is 0 Å². The summed E-state index contributed by atoms with van der Waals surface area (Å²) < 4.78 is 7.33. The summed E-state index contributed by atoms with van der Waals surface area (Å²) >= 11 is 0. The second kappa shape index (κ2) is 9.43. The van der Waals surface area contributed by atoms with Crippen LogP contribution in [0, 0.1) is 0 Å². The number of aryl methyl sites for hydroxylation is 2. The molecule has 158 valence electrons. The summed E-state index contributed by atoms with van der Waals surface area (Å²) in [5.41, 5.74) is 4.84. The van der Waals surface area contributed by atoms with Crippen molar-refractivity contribution in [2.75, 3.05) is 12.4 Å². The number of carbonyl (C=O) groups excluding carboxylic acids is 1. The molecule has 0 aliphatic rings. The van der Waals surface area contributed by atoms with E-state index in [-0.39, 0.29) is 5.91 Å². The van der Waals surface area contributed by atoms with Crippen molar-refractivity contribution < 1.29 is 9.53 Å².